The third-order valence-corrected chi connectivity index (χ3v) is 4.61. The number of piperidine rings is 1. The Morgan fingerprint density at radius 1 is 1.10 bits per heavy atom. The van der Waals surface area contributed by atoms with Crippen LogP contribution in [0.5, 0.6) is 0 Å². The van der Waals surface area contributed by atoms with E-state index in [1.165, 1.54) is 12.8 Å². The van der Waals surface area contributed by atoms with E-state index in [-0.39, 0.29) is 0 Å². The van der Waals surface area contributed by atoms with Gasteiger partial charge in [0.05, 0.1) is 12.7 Å². The summed E-state index contributed by atoms with van der Waals surface area (Å²) in [5, 5.41) is 0. The summed E-state index contributed by atoms with van der Waals surface area (Å²) in [5.74, 6) is 2.78. The lowest BCUT2D eigenvalue weighted by atomic mass is 9.95. The Bertz CT molecular complexity index is 569. The Morgan fingerprint density at radius 2 is 2.10 bits per heavy atom. The molecule has 21 heavy (non-hydrogen) atoms. The summed E-state index contributed by atoms with van der Waals surface area (Å²) in [5.41, 5.74) is 0. The Hall–Kier alpha value is -1.95. The van der Waals surface area contributed by atoms with E-state index in [0.29, 0.717) is 12.0 Å². The lowest BCUT2D eigenvalue weighted by Crippen LogP contribution is -2.43. The maximum atomic E-state index is 4.47. The summed E-state index contributed by atoms with van der Waals surface area (Å²) in [7, 11) is 0. The molecule has 2 aromatic rings. The van der Waals surface area contributed by atoms with Crippen LogP contribution in [0.1, 0.15) is 18.7 Å². The third-order valence-electron chi connectivity index (χ3n) is 4.61. The van der Waals surface area contributed by atoms with Crippen LogP contribution in [0.2, 0.25) is 0 Å². The fraction of sp³-hybridized carbons (Fsp3) is 0.533. The average Bonchev–Trinajstić information content (AvgIpc) is 2.86. The molecule has 110 valence electrons. The van der Waals surface area contributed by atoms with E-state index in [1.807, 2.05) is 18.6 Å². The predicted octanol–water partition coefficient (Wildman–Crippen LogP) is 1.30. The first-order chi connectivity index (χ1) is 10.4. The first-order valence-corrected chi connectivity index (χ1v) is 7.62. The highest BCUT2D eigenvalue weighted by Gasteiger charge is 2.35. The molecular weight excluding hydrogens is 264 g/mol. The van der Waals surface area contributed by atoms with E-state index < -0.39 is 0 Å². The molecule has 2 aromatic heterocycles. The number of imidazole rings is 1. The molecule has 2 bridgehead atoms. The van der Waals surface area contributed by atoms with E-state index in [9.17, 15) is 0 Å². The summed E-state index contributed by atoms with van der Waals surface area (Å²) in [6.07, 6.45) is 11.7. The van der Waals surface area contributed by atoms with Crippen molar-refractivity contribution >= 4 is 5.82 Å². The molecule has 0 radical (unpaired) electrons. The summed E-state index contributed by atoms with van der Waals surface area (Å²) >= 11 is 0. The minimum Gasteiger partial charge on any atom is -0.353 e. The second kappa shape index (κ2) is 5.44. The number of hydrogen-bond acceptors (Lipinski definition) is 5. The monoisotopic (exact) mass is 284 g/mol. The van der Waals surface area contributed by atoms with Crippen molar-refractivity contribution in [2.75, 3.05) is 24.5 Å². The molecule has 6 heteroatoms. The maximum absolute atomic E-state index is 4.47. The Kier molecular flexibility index (Phi) is 3.31. The van der Waals surface area contributed by atoms with Crippen molar-refractivity contribution in [1.29, 1.82) is 0 Å². The molecule has 0 aromatic carbocycles. The highest BCUT2D eigenvalue weighted by Crippen LogP contribution is 2.30. The van der Waals surface area contributed by atoms with Crippen LogP contribution in [0, 0.1) is 5.92 Å². The number of anilines is 1. The first kappa shape index (κ1) is 12.8. The highest BCUT2D eigenvalue weighted by atomic mass is 15.3. The Morgan fingerprint density at radius 3 is 2.90 bits per heavy atom. The fourth-order valence-corrected chi connectivity index (χ4v) is 3.59. The fourth-order valence-electron chi connectivity index (χ4n) is 3.59. The maximum Gasteiger partial charge on any atom is 0.147 e. The first-order valence-electron chi connectivity index (χ1n) is 7.62. The van der Waals surface area contributed by atoms with Gasteiger partial charge in [-0.25, -0.2) is 9.97 Å². The van der Waals surface area contributed by atoms with E-state index in [0.717, 1.165) is 37.8 Å². The standard InChI is InChI=1S/C15H20N6/c1-2-13-10-21(15-7-16-3-4-19-15)9-12(1)8-20(13)11-14-17-5-6-18-14/h3-7,12-13H,1-2,8-11H2,(H,17,18)/t12-,13-/m1/s1. The van der Waals surface area contributed by atoms with Crippen LogP contribution < -0.4 is 4.90 Å². The normalized spacial score (nSPS) is 26.0. The second-order valence-corrected chi connectivity index (χ2v) is 6.03. The molecule has 0 unspecified atom stereocenters. The van der Waals surface area contributed by atoms with Crippen LogP contribution in [0.15, 0.2) is 31.0 Å². The third kappa shape index (κ3) is 2.63. The molecule has 0 saturated carbocycles. The zero-order valence-corrected chi connectivity index (χ0v) is 12.0. The van der Waals surface area contributed by atoms with Crippen molar-refractivity contribution in [1.82, 2.24) is 24.8 Å². The molecule has 1 N–H and O–H groups in total. The number of nitrogens with zero attached hydrogens (tertiary/aromatic N) is 5. The van der Waals surface area contributed by atoms with Gasteiger partial charge in [-0.15, -0.1) is 0 Å². The van der Waals surface area contributed by atoms with Gasteiger partial charge in [-0.2, -0.15) is 0 Å². The van der Waals surface area contributed by atoms with E-state index in [4.69, 9.17) is 0 Å². The molecule has 3 fully saturated rings. The van der Waals surface area contributed by atoms with E-state index >= 15 is 0 Å². The van der Waals surface area contributed by atoms with Crippen LogP contribution in [0.25, 0.3) is 0 Å². The van der Waals surface area contributed by atoms with Crippen LogP contribution in [-0.4, -0.2) is 50.5 Å². The number of rotatable bonds is 3. The lowest BCUT2D eigenvalue weighted by Gasteiger charge is -2.35. The van der Waals surface area contributed by atoms with Gasteiger partial charge in [-0.1, -0.05) is 0 Å². The van der Waals surface area contributed by atoms with Gasteiger partial charge >= 0.3 is 0 Å². The smallest absolute Gasteiger partial charge is 0.147 e. The number of hydrogen-bond donors (Lipinski definition) is 1. The van der Waals surface area contributed by atoms with Gasteiger partial charge in [0.15, 0.2) is 0 Å². The number of H-pyrrole nitrogens is 1. The average molecular weight is 284 g/mol. The molecule has 0 spiro atoms. The summed E-state index contributed by atoms with van der Waals surface area (Å²) in [6.45, 7) is 4.20. The predicted molar refractivity (Wildman–Crippen MR) is 79.8 cm³/mol. The van der Waals surface area contributed by atoms with Crippen molar-refractivity contribution in [2.24, 2.45) is 5.92 Å². The van der Waals surface area contributed by atoms with Gasteiger partial charge in [-0.3, -0.25) is 9.88 Å². The number of aromatic nitrogens is 4. The minimum absolute atomic E-state index is 0.579. The number of fused-ring (bicyclic) bond motifs is 4. The van der Waals surface area contributed by atoms with Crippen LogP contribution in [0.3, 0.4) is 0 Å². The summed E-state index contributed by atoms with van der Waals surface area (Å²) in [6, 6.07) is 0.579. The Labute approximate surface area is 124 Å². The number of nitrogens with one attached hydrogen (secondary N) is 1. The van der Waals surface area contributed by atoms with Gasteiger partial charge in [0.25, 0.3) is 0 Å². The van der Waals surface area contributed by atoms with Crippen molar-refractivity contribution in [3.8, 4) is 0 Å². The number of aromatic amines is 1. The van der Waals surface area contributed by atoms with Gasteiger partial charge in [-0.05, 0) is 18.8 Å². The van der Waals surface area contributed by atoms with Gasteiger partial charge in [0.1, 0.15) is 11.6 Å². The quantitative estimate of drug-likeness (QED) is 0.920. The molecular formula is C15H20N6. The molecule has 3 aliphatic heterocycles. The largest absolute Gasteiger partial charge is 0.353 e. The zero-order valence-electron chi connectivity index (χ0n) is 12.0. The topological polar surface area (TPSA) is 60.9 Å². The zero-order chi connectivity index (χ0) is 14.1. The molecule has 2 atom stereocenters. The molecule has 3 aliphatic rings. The molecule has 0 amide bonds. The minimum atomic E-state index is 0.579. The molecule has 5 rings (SSSR count). The van der Waals surface area contributed by atoms with Gasteiger partial charge in [0, 0.05) is 50.5 Å². The van der Waals surface area contributed by atoms with E-state index in [2.05, 4.69) is 29.7 Å². The lowest BCUT2D eigenvalue weighted by molar-refractivity contribution is 0.123. The molecule has 6 nitrogen and oxygen atoms in total. The van der Waals surface area contributed by atoms with Crippen molar-refractivity contribution in [2.45, 2.75) is 25.4 Å². The second-order valence-electron chi connectivity index (χ2n) is 6.03. The van der Waals surface area contributed by atoms with E-state index in [1.54, 1.807) is 12.4 Å². The SMILES string of the molecule is c1cnc(N2C[C@@H]3CC[C@H](C2)N(Cc2ncc[nH]2)C3)cn1. The van der Waals surface area contributed by atoms with Crippen LogP contribution in [0.4, 0.5) is 5.82 Å². The molecule has 3 saturated heterocycles. The Balaban J connectivity index is 1.52. The van der Waals surface area contributed by atoms with Crippen molar-refractivity contribution in [3.63, 3.8) is 0 Å². The van der Waals surface area contributed by atoms with Gasteiger partial charge in [0.2, 0.25) is 0 Å². The summed E-state index contributed by atoms with van der Waals surface area (Å²) in [4.78, 5) is 21.2. The van der Waals surface area contributed by atoms with Gasteiger partial charge < -0.3 is 9.88 Å². The molecule has 5 heterocycles. The summed E-state index contributed by atoms with van der Waals surface area (Å²) < 4.78 is 0. The van der Waals surface area contributed by atoms with Crippen LogP contribution in [-0.2, 0) is 6.54 Å². The molecule has 0 aliphatic carbocycles. The highest BCUT2D eigenvalue weighted by molar-refractivity contribution is 5.36. The van der Waals surface area contributed by atoms with Crippen molar-refractivity contribution in [3.05, 3.63) is 36.8 Å². The van der Waals surface area contributed by atoms with Crippen LogP contribution >= 0.6 is 0 Å². The van der Waals surface area contributed by atoms with Crippen molar-refractivity contribution < 1.29 is 0 Å².